The number of imidazole rings is 1. The summed E-state index contributed by atoms with van der Waals surface area (Å²) in [6.45, 7) is 1.10. The van der Waals surface area contributed by atoms with E-state index in [4.69, 9.17) is 9.84 Å². The third-order valence-corrected chi connectivity index (χ3v) is 4.73. The lowest BCUT2D eigenvalue weighted by Gasteiger charge is -2.23. The van der Waals surface area contributed by atoms with Crippen LogP contribution in [-0.4, -0.2) is 27.9 Å². The Labute approximate surface area is 138 Å². The van der Waals surface area contributed by atoms with E-state index in [1.807, 2.05) is 10.8 Å². The number of nitrogens with zero attached hydrogens (tertiary/aromatic N) is 2. The first-order valence-corrected chi connectivity index (χ1v) is 8.65. The molecule has 1 aromatic heterocycles. The Balaban J connectivity index is 1.70. The Morgan fingerprint density at radius 3 is 2.61 bits per heavy atom. The Hall–Kier alpha value is -1.65. The van der Waals surface area contributed by atoms with Crippen LogP contribution in [0.5, 0.6) is 0 Å². The molecule has 0 amide bonds. The molecule has 0 saturated heterocycles. The molecule has 1 fully saturated rings. The molecule has 2 aromatic rings. The SMILES string of the molecule is OCCOC(Cn1ccnc1)c1ccc(C2CCCCC2)cc1. The minimum atomic E-state index is -0.0586. The van der Waals surface area contributed by atoms with Crippen LogP contribution in [0.4, 0.5) is 0 Å². The molecule has 124 valence electrons. The van der Waals surface area contributed by atoms with Crippen LogP contribution in [0.25, 0.3) is 0 Å². The fraction of sp³-hybridized carbons (Fsp3) is 0.526. The van der Waals surface area contributed by atoms with Crippen LogP contribution in [0, 0.1) is 0 Å². The summed E-state index contributed by atoms with van der Waals surface area (Å²) in [6, 6.07) is 8.88. The number of aliphatic hydroxyl groups excluding tert-OH is 1. The van der Waals surface area contributed by atoms with E-state index in [1.165, 1.54) is 37.7 Å². The standard InChI is InChI=1S/C19H26N2O2/c22-12-13-23-19(14-21-11-10-20-15-21)18-8-6-17(7-9-18)16-4-2-1-3-5-16/h6-11,15-16,19,22H,1-5,12-14H2. The molecule has 1 aliphatic rings. The van der Waals surface area contributed by atoms with Crippen LogP contribution >= 0.6 is 0 Å². The van der Waals surface area contributed by atoms with Crippen LogP contribution in [0.1, 0.15) is 55.3 Å². The number of aromatic nitrogens is 2. The van der Waals surface area contributed by atoms with Crippen molar-refractivity contribution < 1.29 is 9.84 Å². The summed E-state index contributed by atoms with van der Waals surface area (Å²) in [5.41, 5.74) is 2.61. The van der Waals surface area contributed by atoms with Gasteiger partial charge in [-0.2, -0.15) is 0 Å². The molecule has 4 heteroatoms. The van der Waals surface area contributed by atoms with Crippen molar-refractivity contribution in [3.63, 3.8) is 0 Å². The third kappa shape index (κ3) is 4.43. The molecule has 0 bridgehead atoms. The van der Waals surface area contributed by atoms with E-state index in [0.717, 1.165) is 11.5 Å². The zero-order valence-corrected chi connectivity index (χ0v) is 13.6. The molecule has 4 nitrogen and oxygen atoms in total. The summed E-state index contributed by atoms with van der Waals surface area (Å²) in [6.07, 6.45) is 12.2. The molecule has 3 rings (SSSR count). The molecule has 1 unspecified atom stereocenters. The normalized spacial score (nSPS) is 17.3. The maximum absolute atomic E-state index is 9.06. The highest BCUT2D eigenvalue weighted by Crippen LogP contribution is 2.33. The van der Waals surface area contributed by atoms with Crippen LogP contribution in [0.3, 0.4) is 0 Å². The smallest absolute Gasteiger partial charge is 0.100 e. The first-order chi connectivity index (χ1) is 11.4. The number of rotatable bonds is 7. The van der Waals surface area contributed by atoms with Gasteiger partial charge in [0.15, 0.2) is 0 Å². The largest absolute Gasteiger partial charge is 0.394 e. The Morgan fingerprint density at radius 1 is 1.17 bits per heavy atom. The van der Waals surface area contributed by atoms with E-state index in [9.17, 15) is 0 Å². The van der Waals surface area contributed by atoms with Crippen molar-refractivity contribution in [2.75, 3.05) is 13.2 Å². The summed E-state index contributed by atoms with van der Waals surface area (Å²) in [7, 11) is 0. The molecular weight excluding hydrogens is 288 g/mol. The summed E-state index contributed by atoms with van der Waals surface area (Å²) >= 11 is 0. The minimum Gasteiger partial charge on any atom is -0.394 e. The average Bonchev–Trinajstić information content (AvgIpc) is 3.13. The Morgan fingerprint density at radius 2 is 1.96 bits per heavy atom. The van der Waals surface area contributed by atoms with Gasteiger partial charge in [0.05, 0.1) is 26.1 Å². The van der Waals surface area contributed by atoms with Crippen molar-refractivity contribution in [3.05, 3.63) is 54.1 Å². The van der Waals surface area contributed by atoms with Crippen LogP contribution in [0.15, 0.2) is 43.0 Å². The summed E-state index contributed by atoms with van der Waals surface area (Å²) in [5, 5.41) is 9.06. The van der Waals surface area contributed by atoms with Gasteiger partial charge in [-0.15, -0.1) is 0 Å². The van der Waals surface area contributed by atoms with E-state index >= 15 is 0 Å². The predicted molar refractivity (Wildman–Crippen MR) is 90.3 cm³/mol. The van der Waals surface area contributed by atoms with Crippen molar-refractivity contribution in [3.8, 4) is 0 Å². The quantitative estimate of drug-likeness (QED) is 0.848. The maximum atomic E-state index is 9.06. The summed E-state index contributed by atoms with van der Waals surface area (Å²) in [4.78, 5) is 4.08. The molecule has 23 heavy (non-hydrogen) atoms. The van der Waals surface area contributed by atoms with Gasteiger partial charge in [0.1, 0.15) is 6.10 Å². The van der Waals surface area contributed by atoms with Gasteiger partial charge in [0.25, 0.3) is 0 Å². The maximum Gasteiger partial charge on any atom is 0.100 e. The second-order valence-corrected chi connectivity index (χ2v) is 6.34. The molecule has 1 N–H and O–H groups in total. The highest BCUT2D eigenvalue weighted by atomic mass is 16.5. The first-order valence-electron chi connectivity index (χ1n) is 8.65. The summed E-state index contributed by atoms with van der Waals surface area (Å²) in [5.74, 6) is 0.725. The lowest BCUT2D eigenvalue weighted by molar-refractivity contribution is 0.0180. The van der Waals surface area contributed by atoms with Gasteiger partial charge in [0, 0.05) is 12.4 Å². The topological polar surface area (TPSA) is 47.3 Å². The molecule has 0 radical (unpaired) electrons. The zero-order chi connectivity index (χ0) is 15.9. The van der Waals surface area contributed by atoms with E-state index < -0.39 is 0 Å². The van der Waals surface area contributed by atoms with E-state index in [1.54, 1.807) is 12.5 Å². The van der Waals surface area contributed by atoms with Crippen molar-refractivity contribution in [1.29, 1.82) is 0 Å². The van der Waals surface area contributed by atoms with E-state index in [-0.39, 0.29) is 12.7 Å². The lowest BCUT2D eigenvalue weighted by atomic mass is 9.84. The van der Waals surface area contributed by atoms with Crippen LogP contribution in [0.2, 0.25) is 0 Å². The molecule has 1 atom stereocenters. The number of ether oxygens (including phenoxy) is 1. The molecular formula is C19H26N2O2. The fourth-order valence-corrected chi connectivity index (χ4v) is 3.45. The van der Waals surface area contributed by atoms with Crippen molar-refractivity contribution in [2.24, 2.45) is 0 Å². The minimum absolute atomic E-state index is 0.0422. The van der Waals surface area contributed by atoms with Gasteiger partial charge < -0.3 is 14.4 Å². The zero-order valence-electron chi connectivity index (χ0n) is 13.6. The number of hydrogen-bond acceptors (Lipinski definition) is 3. The lowest BCUT2D eigenvalue weighted by Crippen LogP contribution is -2.14. The van der Waals surface area contributed by atoms with E-state index in [0.29, 0.717) is 13.2 Å². The number of benzene rings is 1. The Bertz CT molecular complexity index is 560. The predicted octanol–water partition coefficient (Wildman–Crippen LogP) is 3.68. The van der Waals surface area contributed by atoms with Gasteiger partial charge in [-0.1, -0.05) is 43.5 Å². The van der Waals surface area contributed by atoms with Crippen molar-refractivity contribution in [1.82, 2.24) is 9.55 Å². The highest BCUT2D eigenvalue weighted by Gasteiger charge is 2.17. The molecule has 1 saturated carbocycles. The van der Waals surface area contributed by atoms with Gasteiger partial charge >= 0.3 is 0 Å². The molecule has 1 aromatic carbocycles. The summed E-state index contributed by atoms with van der Waals surface area (Å²) < 4.78 is 7.85. The molecule has 0 aliphatic heterocycles. The second kappa shape index (κ2) is 8.27. The number of hydrogen-bond donors (Lipinski definition) is 1. The first kappa shape index (κ1) is 16.2. The average molecular weight is 314 g/mol. The Kier molecular flexibility index (Phi) is 5.83. The van der Waals surface area contributed by atoms with E-state index in [2.05, 4.69) is 29.2 Å². The van der Waals surface area contributed by atoms with Gasteiger partial charge in [0.2, 0.25) is 0 Å². The monoisotopic (exact) mass is 314 g/mol. The van der Waals surface area contributed by atoms with Gasteiger partial charge in [-0.25, -0.2) is 4.98 Å². The van der Waals surface area contributed by atoms with Gasteiger partial charge in [-0.3, -0.25) is 0 Å². The number of aliphatic hydroxyl groups is 1. The third-order valence-electron chi connectivity index (χ3n) is 4.73. The van der Waals surface area contributed by atoms with Crippen molar-refractivity contribution >= 4 is 0 Å². The second-order valence-electron chi connectivity index (χ2n) is 6.34. The highest BCUT2D eigenvalue weighted by molar-refractivity contribution is 5.27. The van der Waals surface area contributed by atoms with Crippen molar-refractivity contribution in [2.45, 2.75) is 50.7 Å². The fourth-order valence-electron chi connectivity index (χ4n) is 3.45. The van der Waals surface area contributed by atoms with Crippen LogP contribution in [-0.2, 0) is 11.3 Å². The van der Waals surface area contributed by atoms with Crippen LogP contribution < -0.4 is 0 Å². The van der Waals surface area contributed by atoms with Gasteiger partial charge in [-0.05, 0) is 29.9 Å². The molecule has 1 aliphatic carbocycles. The molecule has 1 heterocycles. The molecule has 0 spiro atoms.